The van der Waals surface area contributed by atoms with Crippen LogP contribution in [0.3, 0.4) is 0 Å². The van der Waals surface area contributed by atoms with Gasteiger partial charge in [0.2, 0.25) is 0 Å². The van der Waals surface area contributed by atoms with Crippen molar-refractivity contribution in [3.05, 3.63) is 0 Å². The SMILES string of the molecule is CCCCCCCCCCCCCCCCCCCCC(=O)OC[C@H](COP(=O)(O)OC[C@@H](O)COP(=O)(O)OC[C@@H](COC(=O)CCCCCCCCCCCCC)OC(=O)CCCCCCCCCCCCC(C)CC)OC(=O)CCCCCCCCCCCCCCCCCCCCC(C)CC. The lowest BCUT2D eigenvalue weighted by molar-refractivity contribution is -0.161. The molecule has 624 valence electrons. The van der Waals surface area contributed by atoms with Gasteiger partial charge in [-0.2, -0.15) is 0 Å². The van der Waals surface area contributed by atoms with Gasteiger partial charge in [0.25, 0.3) is 0 Å². The summed E-state index contributed by atoms with van der Waals surface area (Å²) < 4.78 is 68.9. The molecular weight excluding hydrogens is 1370 g/mol. The number of carbonyl (C=O) groups is 4. The van der Waals surface area contributed by atoms with Crippen molar-refractivity contribution in [3.8, 4) is 0 Å². The molecule has 0 aliphatic rings. The first-order valence-electron chi connectivity index (χ1n) is 44.6. The molecule has 0 aromatic carbocycles. The lowest BCUT2D eigenvalue weighted by Crippen LogP contribution is -2.30. The Bertz CT molecular complexity index is 2010. The van der Waals surface area contributed by atoms with Crippen molar-refractivity contribution in [2.75, 3.05) is 39.6 Å². The standard InChI is InChI=1S/C86H168O17P2/c1-7-11-13-15-17-19-21-22-23-24-28-31-34-38-45-51-57-63-69-84(89)97-75-81(102-85(90)70-64-58-52-46-39-35-32-29-26-25-27-30-33-37-42-48-54-60-66-78(5)9-3)76-100-104(92,93)98-72-80(87)73-99-105(94,95)101-77-82(74-96-83(88)68-62-56-50-44-36-20-18-16-14-12-8-2)103-86(91)71-65-59-53-47-41-40-43-49-55-61-67-79(6)10-4/h78-82,87H,7-77H2,1-6H3,(H,92,93)(H,94,95)/t78?,79?,80-,81-,82-/m1/s1. The molecule has 0 rings (SSSR count). The fraction of sp³-hybridized carbons (Fsp3) is 0.953. The van der Waals surface area contributed by atoms with Gasteiger partial charge in [-0.15, -0.1) is 0 Å². The van der Waals surface area contributed by atoms with E-state index < -0.39 is 97.5 Å². The van der Waals surface area contributed by atoms with Crippen LogP contribution in [0.2, 0.25) is 0 Å². The van der Waals surface area contributed by atoms with E-state index >= 15 is 0 Å². The van der Waals surface area contributed by atoms with Crippen molar-refractivity contribution >= 4 is 39.5 Å². The van der Waals surface area contributed by atoms with Gasteiger partial charge >= 0.3 is 39.5 Å². The fourth-order valence-electron chi connectivity index (χ4n) is 13.4. The summed E-state index contributed by atoms with van der Waals surface area (Å²) in [4.78, 5) is 73.2. The van der Waals surface area contributed by atoms with E-state index in [0.717, 1.165) is 102 Å². The van der Waals surface area contributed by atoms with Gasteiger partial charge in [-0.3, -0.25) is 37.3 Å². The molecule has 0 aromatic rings. The number of phosphoric ester groups is 2. The van der Waals surface area contributed by atoms with Crippen molar-refractivity contribution in [2.24, 2.45) is 11.8 Å². The third kappa shape index (κ3) is 77.2. The average Bonchev–Trinajstić information content (AvgIpc) is 0.915. The van der Waals surface area contributed by atoms with Gasteiger partial charge < -0.3 is 33.8 Å². The van der Waals surface area contributed by atoms with Crippen molar-refractivity contribution in [1.29, 1.82) is 0 Å². The Morgan fingerprint density at radius 3 is 0.676 bits per heavy atom. The molecule has 0 aliphatic carbocycles. The second-order valence-electron chi connectivity index (χ2n) is 31.4. The number of rotatable bonds is 85. The minimum absolute atomic E-state index is 0.107. The van der Waals surface area contributed by atoms with Gasteiger partial charge in [0.1, 0.15) is 19.3 Å². The molecule has 17 nitrogen and oxygen atoms in total. The Morgan fingerprint density at radius 2 is 0.457 bits per heavy atom. The number of aliphatic hydroxyl groups excluding tert-OH is 1. The zero-order valence-corrected chi connectivity index (χ0v) is 70.8. The Balaban J connectivity index is 5.23. The zero-order chi connectivity index (χ0) is 77.1. The first kappa shape index (κ1) is 103. The van der Waals surface area contributed by atoms with E-state index in [4.69, 9.17) is 37.0 Å². The van der Waals surface area contributed by atoms with Crippen LogP contribution in [0, 0.1) is 11.8 Å². The summed E-state index contributed by atoms with van der Waals surface area (Å²) in [6, 6.07) is 0. The maximum atomic E-state index is 13.1. The minimum Gasteiger partial charge on any atom is -0.462 e. The zero-order valence-electron chi connectivity index (χ0n) is 69.0. The molecule has 19 heteroatoms. The largest absolute Gasteiger partial charge is 0.472 e. The Labute approximate surface area is 645 Å². The van der Waals surface area contributed by atoms with Crippen molar-refractivity contribution in [1.82, 2.24) is 0 Å². The maximum Gasteiger partial charge on any atom is 0.472 e. The quantitative estimate of drug-likeness (QED) is 0.0222. The highest BCUT2D eigenvalue weighted by Crippen LogP contribution is 2.45. The molecule has 0 radical (unpaired) electrons. The third-order valence-corrected chi connectivity index (χ3v) is 22.8. The lowest BCUT2D eigenvalue weighted by atomic mass is 9.99. The van der Waals surface area contributed by atoms with Gasteiger partial charge in [0, 0.05) is 25.7 Å². The number of ether oxygens (including phenoxy) is 4. The van der Waals surface area contributed by atoms with Crippen LogP contribution < -0.4 is 0 Å². The van der Waals surface area contributed by atoms with Crippen LogP contribution in [0.5, 0.6) is 0 Å². The number of hydrogen-bond donors (Lipinski definition) is 3. The molecule has 105 heavy (non-hydrogen) atoms. The Morgan fingerprint density at radius 1 is 0.267 bits per heavy atom. The van der Waals surface area contributed by atoms with E-state index in [0.29, 0.717) is 25.7 Å². The number of carbonyl (C=O) groups excluding carboxylic acids is 4. The predicted octanol–water partition coefficient (Wildman–Crippen LogP) is 26.2. The molecule has 4 unspecified atom stereocenters. The monoisotopic (exact) mass is 1540 g/mol. The topological polar surface area (TPSA) is 237 Å². The summed E-state index contributed by atoms with van der Waals surface area (Å²) in [7, 11) is -9.93. The van der Waals surface area contributed by atoms with E-state index in [1.54, 1.807) is 0 Å². The lowest BCUT2D eigenvalue weighted by Gasteiger charge is -2.21. The van der Waals surface area contributed by atoms with Crippen molar-refractivity contribution in [3.63, 3.8) is 0 Å². The summed E-state index contributed by atoms with van der Waals surface area (Å²) in [5, 5.41) is 10.7. The smallest absolute Gasteiger partial charge is 0.462 e. The second kappa shape index (κ2) is 77.4. The molecule has 3 N–H and O–H groups in total. The van der Waals surface area contributed by atoms with Gasteiger partial charge in [-0.05, 0) is 37.5 Å². The predicted molar refractivity (Wildman–Crippen MR) is 432 cm³/mol. The van der Waals surface area contributed by atoms with E-state index in [1.165, 1.54) is 276 Å². The van der Waals surface area contributed by atoms with Gasteiger partial charge in [-0.25, -0.2) is 9.13 Å². The van der Waals surface area contributed by atoms with E-state index in [1.807, 2.05) is 0 Å². The maximum absolute atomic E-state index is 13.1. The van der Waals surface area contributed by atoms with E-state index in [-0.39, 0.29) is 25.7 Å². The van der Waals surface area contributed by atoms with Crippen LogP contribution in [0.4, 0.5) is 0 Å². The van der Waals surface area contributed by atoms with Gasteiger partial charge in [-0.1, -0.05) is 408 Å². The molecule has 0 aliphatic heterocycles. The van der Waals surface area contributed by atoms with Gasteiger partial charge in [0.05, 0.1) is 26.4 Å². The molecule has 0 bridgehead atoms. The number of aliphatic hydroxyl groups is 1. The normalized spacial score (nSPS) is 14.3. The van der Waals surface area contributed by atoms with E-state index in [9.17, 15) is 43.2 Å². The average molecular weight is 1540 g/mol. The first-order chi connectivity index (χ1) is 50.9. The highest BCUT2D eigenvalue weighted by Gasteiger charge is 2.30. The molecule has 0 saturated carbocycles. The van der Waals surface area contributed by atoms with Crippen molar-refractivity contribution in [2.45, 2.75) is 477 Å². The Hall–Kier alpha value is -1.94. The number of esters is 4. The molecule has 0 fully saturated rings. The summed E-state index contributed by atoms with van der Waals surface area (Å²) in [6.07, 6.45) is 69.3. The summed E-state index contributed by atoms with van der Waals surface area (Å²) >= 11 is 0. The van der Waals surface area contributed by atoms with E-state index in [2.05, 4.69) is 41.5 Å². The van der Waals surface area contributed by atoms with Crippen molar-refractivity contribution < 1.29 is 80.2 Å². The van der Waals surface area contributed by atoms with Crippen LogP contribution in [-0.4, -0.2) is 96.7 Å². The fourth-order valence-corrected chi connectivity index (χ4v) is 14.9. The van der Waals surface area contributed by atoms with Crippen LogP contribution in [-0.2, 0) is 65.4 Å². The molecular formula is C86H168O17P2. The molecule has 7 atom stereocenters. The minimum atomic E-state index is -4.97. The first-order valence-corrected chi connectivity index (χ1v) is 47.6. The molecule has 0 heterocycles. The number of hydrogen-bond acceptors (Lipinski definition) is 15. The van der Waals surface area contributed by atoms with Crippen LogP contribution in [0.1, 0.15) is 459 Å². The molecule has 0 saturated heterocycles. The molecule has 0 aromatic heterocycles. The molecule has 0 amide bonds. The van der Waals surface area contributed by atoms with Gasteiger partial charge in [0.15, 0.2) is 12.2 Å². The highest BCUT2D eigenvalue weighted by molar-refractivity contribution is 7.47. The molecule has 0 spiro atoms. The number of unbranched alkanes of at least 4 members (excludes halogenated alkanes) is 53. The summed E-state index contributed by atoms with van der Waals surface area (Å²) in [6.45, 7) is 9.76. The Kier molecular flexibility index (Phi) is 76.0. The van der Waals surface area contributed by atoms with Crippen LogP contribution >= 0.6 is 15.6 Å². The highest BCUT2D eigenvalue weighted by atomic mass is 31.2. The van der Waals surface area contributed by atoms with Crippen LogP contribution in [0.15, 0.2) is 0 Å². The number of phosphoric acid groups is 2. The third-order valence-electron chi connectivity index (χ3n) is 20.9. The summed E-state index contributed by atoms with van der Waals surface area (Å²) in [5.41, 5.74) is 0. The second-order valence-corrected chi connectivity index (χ2v) is 34.3. The van der Waals surface area contributed by atoms with Crippen LogP contribution in [0.25, 0.3) is 0 Å². The summed E-state index contributed by atoms with van der Waals surface area (Å²) in [5.74, 6) is -0.427.